The molecule has 0 saturated heterocycles. The van der Waals surface area contributed by atoms with Gasteiger partial charge >= 0.3 is 0 Å². The van der Waals surface area contributed by atoms with E-state index in [0.717, 1.165) is 6.42 Å². The molecule has 0 atom stereocenters. The first-order valence-corrected chi connectivity index (χ1v) is 8.05. The zero-order valence-corrected chi connectivity index (χ0v) is 12.0. The molecule has 1 aromatic carbocycles. The second-order valence-electron chi connectivity index (χ2n) is 3.85. The Morgan fingerprint density at radius 1 is 1.33 bits per heavy atom. The van der Waals surface area contributed by atoms with Crippen LogP contribution in [-0.2, 0) is 9.05 Å². The zero-order valence-electron chi connectivity index (χ0n) is 10.4. The molecule has 0 radical (unpaired) electrons. The Hall–Kier alpha value is -1.07. The van der Waals surface area contributed by atoms with Crippen molar-refractivity contribution in [3.8, 4) is 0 Å². The molecule has 18 heavy (non-hydrogen) atoms. The number of amides is 1. The van der Waals surface area contributed by atoms with Crippen LogP contribution in [0.15, 0.2) is 29.2 Å². The van der Waals surface area contributed by atoms with Gasteiger partial charge in [-0.3, -0.25) is 4.79 Å². The van der Waals surface area contributed by atoms with Crippen LogP contribution in [0.2, 0.25) is 0 Å². The minimum atomic E-state index is -3.80. The largest absolute Gasteiger partial charge is 0.339 e. The number of rotatable bonds is 5. The number of carbonyl (C=O) groups is 1. The fourth-order valence-corrected chi connectivity index (χ4v) is 2.43. The van der Waals surface area contributed by atoms with Crippen molar-refractivity contribution in [1.29, 1.82) is 0 Å². The van der Waals surface area contributed by atoms with Gasteiger partial charge in [-0.05, 0) is 31.5 Å². The Balaban J connectivity index is 3.07. The topological polar surface area (TPSA) is 54.5 Å². The molecule has 0 aromatic heterocycles. The fraction of sp³-hybridized carbons (Fsp3) is 0.417. The first-order valence-electron chi connectivity index (χ1n) is 5.74. The van der Waals surface area contributed by atoms with Crippen molar-refractivity contribution in [1.82, 2.24) is 4.90 Å². The van der Waals surface area contributed by atoms with E-state index in [1.54, 1.807) is 11.0 Å². The second-order valence-corrected chi connectivity index (χ2v) is 6.42. The standard InChI is InChI=1S/C12H16ClNO3S/c1-3-8-14(4-2)12(15)10-6-5-7-11(9-10)18(13,16)17/h5-7,9H,3-4,8H2,1-2H3. The summed E-state index contributed by atoms with van der Waals surface area (Å²) in [5, 5.41) is 0. The van der Waals surface area contributed by atoms with Crippen LogP contribution in [0, 0.1) is 0 Å². The van der Waals surface area contributed by atoms with E-state index in [4.69, 9.17) is 10.7 Å². The van der Waals surface area contributed by atoms with Gasteiger partial charge in [-0.15, -0.1) is 0 Å². The van der Waals surface area contributed by atoms with Crippen LogP contribution >= 0.6 is 10.7 Å². The maximum absolute atomic E-state index is 12.1. The van der Waals surface area contributed by atoms with E-state index >= 15 is 0 Å². The van der Waals surface area contributed by atoms with Gasteiger partial charge in [-0.25, -0.2) is 8.42 Å². The quantitative estimate of drug-likeness (QED) is 0.783. The SMILES string of the molecule is CCCN(CC)C(=O)c1cccc(S(=O)(=O)Cl)c1. The number of halogens is 1. The average Bonchev–Trinajstić information content (AvgIpc) is 2.34. The van der Waals surface area contributed by atoms with Gasteiger partial charge in [0.1, 0.15) is 0 Å². The third-order valence-corrected chi connectivity index (χ3v) is 3.88. The minimum Gasteiger partial charge on any atom is -0.339 e. The van der Waals surface area contributed by atoms with Crippen molar-refractivity contribution >= 4 is 25.6 Å². The van der Waals surface area contributed by atoms with Gasteiger partial charge in [-0.1, -0.05) is 13.0 Å². The number of hydrogen-bond donors (Lipinski definition) is 0. The molecule has 0 saturated carbocycles. The van der Waals surface area contributed by atoms with Crippen molar-refractivity contribution in [2.24, 2.45) is 0 Å². The van der Waals surface area contributed by atoms with Crippen LogP contribution in [0.4, 0.5) is 0 Å². The van der Waals surface area contributed by atoms with Crippen LogP contribution in [0.1, 0.15) is 30.6 Å². The van der Waals surface area contributed by atoms with Crippen LogP contribution in [0.5, 0.6) is 0 Å². The zero-order chi connectivity index (χ0) is 13.8. The van der Waals surface area contributed by atoms with Crippen LogP contribution in [-0.4, -0.2) is 32.3 Å². The molecule has 0 unspecified atom stereocenters. The molecule has 6 heteroatoms. The molecule has 0 fully saturated rings. The van der Waals surface area contributed by atoms with E-state index in [9.17, 15) is 13.2 Å². The molecule has 0 spiro atoms. The number of carbonyl (C=O) groups excluding carboxylic acids is 1. The molecule has 100 valence electrons. The normalized spacial score (nSPS) is 11.3. The van der Waals surface area contributed by atoms with Gasteiger partial charge in [0.25, 0.3) is 15.0 Å². The van der Waals surface area contributed by atoms with E-state index < -0.39 is 9.05 Å². The van der Waals surface area contributed by atoms with E-state index in [0.29, 0.717) is 18.7 Å². The molecular weight excluding hydrogens is 274 g/mol. The summed E-state index contributed by atoms with van der Waals surface area (Å²) in [5.74, 6) is -0.179. The summed E-state index contributed by atoms with van der Waals surface area (Å²) in [5.41, 5.74) is 0.340. The lowest BCUT2D eigenvalue weighted by Crippen LogP contribution is -2.31. The monoisotopic (exact) mass is 289 g/mol. The van der Waals surface area contributed by atoms with Crippen LogP contribution < -0.4 is 0 Å². The average molecular weight is 290 g/mol. The lowest BCUT2D eigenvalue weighted by molar-refractivity contribution is 0.0764. The maximum atomic E-state index is 12.1. The fourth-order valence-electron chi connectivity index (χ4n) is 1.64. The Morgan fingerprint density at radius 2 is 2.00 bits per heavy atom. The highest BCUT2D eigenvalue weighted by Crippen LogP contribution is 2.17. The highest BCUT2D eigenvalue weighted by molar-refractivity contribution is 8.13. The lowest BCUT2D eigenvalue weighted by atomic mass is 10.2. The van der Waals surface area contributed by atoms with Gasteiger partial charge in [0.05, 0.1) is 4.90 Å². The predicted octanol–water partition coefficient (Wildman–Crippen LogP) is 2.49. The van der Waals surface area contributed by atoms with Crippen molar-refractivity contribution in [3.05, 3.63) is 29.8 Å². The van der Waals surface area contributed by atoms with Gasteiger partial charge in [-0.2, -0.15) is 0 Å². The summed E-state index contributed by atoms with van der Waals surface area (Å²) in [6, 6.07) is 5.78. The molecule has 1 amide bonds. The first-order chi connectivity index (χ1) is 8.40. The molecule has 0 aliphatic rings. The number of benzene rings is 1. The lowest BCUT2D eigenvalue weighted by Gasteiger charge is -2.20. The molecule has 4 nitrogen and oxygen atoms in total. The van der Waals surface area contributed by atoms with Crippen molar-refractivity contribution < 1.29 is 13.2 Å². The Bertz CT molecular complexity index is 528. The molecule has 1 rings (SSSR count). The maximum Gasteiger partial charge on any atom is 0.261 e. The van der Waals surface area contributed by atoms with E-state index in [1.165, 1.54) is 18.2 Å². The summed E-state index contributed by atoms with van der Waals surface area (Å²) < 4.78 is 22.4. The highest BCUT2D eigenvalue weighted by atomic mass is 35.7. The number of hydrogen-bond acceptors (Lipinski definition) is 3. The summed E-state index contributed by atoms with van der Waals surface area (Å²) in [4.78, 5) is 13.7. The Labute approximate surface area is 112 Å². The predicted molar refractivity (Wildman–Crippen MR) is 71.3 cm³/mol. The minimum absolute atomic E-state index is 0.0532. The van der Waals surface area contributed by atoms with Gasteiger partial charge in [0.2, 0.25) is 0 Å². The molecule has 0 aliphatic carbocycles. The third kappa shape index (κ3) is 3.71. The smallest absolute Gasteiger partial charge is 0.261 e. The van der Waals surface area contributed by atoms with E-state index in [1.807, 2.05) is 13.8 Å². The van der Waals surface area contributed by atoms with Gasteiger partial charge in [0, 0.05) is 29.3 Å². The number of nitrogens with zero attached hydrogens (tertiary/aromatic N) is 1. The second kappa shape index (κ2) is 6.20. The van der Waals surface area contributed by atoms with E-state index in [-0.39, 0.29) is 10.8 Å². The van der Waals surface area contributed by atoms with Crippen LogP contribution in [0.3, 0.4) is 0 Å². The van der Waals surface area contributed by atoms with Gasteiger partial charge < -0.3 is 4.90 Å². The Morgan fingerprint density at radius 3 is 2.50 bits per heavy atom. The first kappa shape index (κ1) is 15.0. The van der Waals surface area contributed by atoms with Crippen molar-refractivity contribution in [2.45, 2.75) is 25.2 Å². The summed E-state index contributed by atoms with van der Waals surface area (Å²) in [6.07, 6.45) is 0.854. The molecule has 0 heterocycles. The summed E-state index contributed by atoms with van der Waals surface area (Å²) >= 11 is 0. The molecule has 0 aliphatic heterocycles. The summed E-state index contributed by atoms with van der Waals surface area (Å²) in [6.45, 7) is 5.10. The van der Waals surface area contributed by atoms with Crippen molar-refractivity contribution in [3.63, 3.8) is 0 Å². The molecule has 0 bridgehead atoms. The van der Waals surface area contributed by atoms with Crippen molar-refractivity contribution in [2.75, 3.05) is 13.1 Å². The van der Waals surface area contributed by atoms with Crippen LogP contribution in [0.25, 0.3) is 0 Å². The highest BCUT2D eigenvalue weighted by Gasteiger charge is 2.16. The molecule has 0 N–H and O–H groups in total. The van der Waals surface area contributed by atoms with E-state index in [2.05, 4.69) is 0 Å². The Kier molecular flexibility index (Phi) is 5.16. The molecular formula is C12H16ClNO3S. The summed E-state index contributed by atoms with van der Waals surface area (Å²) in [7, 11) is 1.46. The molecule has 1 aromatic rings. The van der Waals surface area contributed by atoms with Gasteiger partial charge in [0.15, 0.2) is 0 Å². The third-order valence-electron chi connectivity index (χ3n) is 2.52.